The Labute approximate surface area is 125 Å². The fourth-order valence-corrected chi connectivity index (χ4v) is 6.88. The molecule has 0 nitrogen and oxygen atoms in total. The molecule has 0 saturated carbocycles. The molecule has 0 aliphatic carbocycles. The predicted octanol–water partition coefficient (Wildman–Crippen LogP) is 3.15. The van der Waals surface area contributed by atoms with E-state index >= 15 is 0 Å². The van der Waals surface area contributed by atoms with E-state index in [2.05, 4.69) is 74.1 Å². The van der Waals surface area contributed by atoms with Gasteiger partial charge in [-0.15, -0.1) is 5.54 Å². The van der Waals surface area contributed by atoms with Crippen LogP contribution in [-0.4, -0.2) is 16.9 Å². The van der Waals surface area contributed by atoms with Crippen molar-refractivity contribution in [2.45, 2.75) is 26.2 Å². The van der Waals surface area contributed by atoms with Gasteiger partial charge in [0, 0.05) is 5.56 Å². The van der Waals surface area contributed by atoms with E-state index < -0.39 is 16.9 Å². The van der Waals surface area contributed by atoms with E-state index in [1.807, 2.05) is 18.2 Å². The third-order valence-corrected chi connectivity index (χ3v) is 7.73. The topological polar surface area (TPSA) is 0 Å². The fourth-order valence-electron chi connectivity index (χ4n) is 2.28. The molecule has 0 aliphatic rings. The van der Waals surface area contributed by atoms with Crippen LogP contribution in [0, 0.1) is 11.5 Å². The summed E-state index contributed by atoms with van der Waals surface area (Å²) in [7, 11) is -2.14. The molecule has 0 heterocycles. The highest BCUT2D eigenvalue weighted by Crippen LogP contribution is 2.03. The molecule has 2 heteroatoms. The smallest absolute Gasteiger partial charge is 0.121 e. The number of benzene rings is 2. The summed E-state index contributed by atoms with van der Waals surface area (Å²) >= 11 is 0. The molecule has 2 rings (SSSR count). The summed E-state index contributed by atoms with van der Waals surface area (Å²) in [5.41, 5.74) is 4.71. The first-order valence-electron chi connectivity index (χ1n) is 6.99. The van der Waals surface area contributed by atoms with Gasteiger partial charge in [-0.3, -0.25) is 0 Å². The number of hydrogen-bond donors (Lipinski definition) is 0. The zero-order chi connectivity index (χ0) is 14.6. The van der Waals surface area contributed by atoms with Crippen molar-refractivity contribution >= 4 is 27.2 Å². The molecule has 0 atom stereocenters. The summed E-state index contributed by atoms with van der Waals surface area (Å²) < 4.78 is 0. The number of rotatable bonds is 2. The molecule has 0 bridgehead atoms. The van der Waals surface area contributed by atoms with Gasteiger partial charge in [-0.1, -0.05) is 79.8 Å². The van der Waals surface area contributed by atoms with Gasteiger partial charge in [-0.05, 0) is 17.3 Å². The minimum Gasteiger partial charge on any atom is -0.121 e. The SMILES string of the molecule is C[Si](C)c1ccccc1[Si](C)(C)C#Cc1ccccc1. The van der Waals surface area contributed by atoms with Gasteiger partial charge in [0.05, 0.1) is 8.80 Å². The third kappa shape index (κ3) is 3.50. The largest absolute Gasteiger partial charge is 0.163 e. The zero-order valence-corrected chi connectivity index (χ0v) is 14.7. The van der Waals surface area contributed by atoms with E-state index in [0.717, 1.165) is 5.56 Å². The molecule has 0 fully saturated rings. The van der Waals surface area contributed by atoms with Crippen molar-refractivity contribution in [3.05, 3.63) is 60.2 Å². The van der Waals surface area contributed by atoms with Crippen LogP contribution in [0.4, 0.5) is 0 Å². The van der Waals surface area contributed by atoms with Crippen LogP contribution in [0.1, 0.15) is 5.56 Å². The first-order valence-corrected chi connectivity index (χ1v) is 12.5. The summed E-state index contributed by atoms with van der Waals surface area (Å²) in [6, 6.07) is 19.2. The van der Waals surface area contributed by atoms with Crippen molar-refractivity contribution in [3.8, 4) is 11.5 Å². The van der Waals surface area contributed by atoms with Gasteiger partial charge < -0.3 is 0 Å². The summed E-state index contributed by atoms with van der Waals surface area (Å²) in [5.74, 6) is 3.37. The van der Waals surface area contributed by atoms with E-state index in [1.54, 1.807) is 5.19 Å². The van der Waals surface area contributed by atoms with Crippen LogP contribution >= 0.6 is 0 Å². The molecule has 0 saturated heterocycles. The van der Waals surface area contributed by atoms with Gasteiger partial charge in [0.2, 0.25) is 0 Å². The molecule has 2 aromatic carbocycles. The van der Waals surface area contributed by atoms with E-state index in [4.69, 9.17) is 0 Å². The molecule has 0 spiro atoms. The van der Waals surface area contributed by atoms with Gasteiger partial charge in [0.25, 0.3) is 0 Å². The van der Waals surface area contributed by atoms with Gasteiger partial charge in [-0.25, -0.2) is 0 Å². The van der Waals surface area contributed by atoms with Crippen LogP contribution in [0.2, 0.25) is 26.2 Å². The van der Waals surface area contributed by atoms with Crippen molar-refractivity contribution in [1.82, 2.24) is 0 Å². The van der Waals surface area contributed by atoms with Gasteiger partial charge in [0.1, 0.15) is 0 Å². The highest BCUT2D eigenvalue weighted by molar-refractivity contribution is 6.99. The first kappa shape index (κ1) is 14.8. The monoisotopic (exact) mass is 293 g/mol. The highest BCUT2D eigenvalue weighted by atomic mass is 28.3. The normalized spacial score (nSPS) is 11.1. The Balaban J connectivity index is 2.39. The standard InChI is InChI=1S/C18H21Si2/c1-19(2)17-12-8-9-13-18(17)20(3,4)15-14-16-10-6-5-7-11-16/h5-13H,1-4H3. The molecule has 20 heavy (non-hydrogen) atoms. The van der Waals surface area contributed by atoms with Crippen LogP contribution in [0.3, 0.4) is 0 Å². The summed E-state index contributed by atoms with van der Waals surface area (Å²) in [5, 5.41) is 3.07. The predicted molar refractivity (Wildman–Crippen MR) is 94.0 cm³/mol. The van der Waals surface area contributed by atoms with Crippen LogP contribution in [0.15, 0.2) is 54.6 Å². The Morgan fingerprint density at radius 2 is 1.45 bits per heavy atom. The van der Waals surface area contributed by atoms with Crippen LogP contribution in [0.25, 0.3) is 0 Å². The van der Waals surface area contributed by atoms with Gasteiger partial charge in [0.15, 0.2) is 8.07 Å². The van der Waals surface area contributed by atoms with Crippen molar-refractivity contribution in [2.75, 3.05) is 0 Å². The van der Waals surface area contributed by atoms with E-state index in [-0.39, 0.29) is 0 Å². The Morgan fingerprint density at radius 1 is 0.850 bits per heavy atom. The van der Waals surface area contributed by atoms with Crippen LogP contribution in [0.5, 0.6) is 0 Å². The van der Waals surface area contributed by atoms with Crippen molar-refractivity contribution < 1.29 is 0 Å². The lowest BCUT2D eigenvalue weighted by Gasteiger charge is -2.21. The molecular weight excluding hydrogens is 272 g/mol. The molecule has 0 unspecified atom stereocenters. The number of hydrogen-bond acceptors (Lipinski definition) is 0. The summed E-state index contributed by atoms with van der Waals surface area (Å²) in [6.07, 6.45) is 0. The Morgan fingerprint density at radius 3 is 2.10 bits per heavy atom. The maximum atomic E-state index is 3.59. The summed E-state index contributed by atoms with van der Waals surface area (Å²) in [6.45, 7) is 9.43. The van der Waals surface area contributed by atoms with E-state index in [1.165, 1.54) is 5.19 Å². The molecular formula is C18H21Si2. The van der Waals surface area contributed by atoms with Crippen LogP contribution in [-0.2, 0) is 0 Å². The maximum Gasteiger partial charge on any atom is 0.163 e. The van der Waals surface area contributed by atoms with Crippen LogP contribution < -0.4 is 10.4 Å². The molecule has 0 amide bonds. The maximum absolute atomic E-state index is 3.59. The fraction of sp³-hybridized carbons (Fsp3) is 0.222. The van der Waals surface area contributed by atoms with Crippen molar-refractivity contribution in [3.63, 3.8) is 0 Å². The lowest BCUT2D eigenvalue weighted by molar-refractivity contribution is 1.65. The lowest BCUT2D eigenvalue weighted by Crippen LogP contribution is -2.52. The average molecular weight is 294 g/mol. The van der Waals surface area contributed by atoms with Gasteiger partial charge >= 0.3 is 0 Å². The third-order valence-electron chi connectivity index (χ3n) is 3.43. The molecule has 2 aromatic rings. The zero-order valence-electron chi connectivity index (χ0n) is 12.7. The molecule has 1 radical (unpaired) electrons. The van der Waals surface area contributed by atoms with Gasteiger partial charge in [-0.2, -0.15) is 0 Å². The Hall–Kier alpha value is -1.57. The second kappa shape index (κ2) is 6.26. The minimum absolute atomic E-state index is 0.439. The molecule has 0 N–H and O–H groups in total. The van der Waals surface area contributed by atoms with Crippen molar-refractivity contribution in [1.29, 1.82) is 0 Å². The quantitative estimate of drug-likeness (QED) is 0.589. The first-order chi connectivity index (χ1) is 9.50. The lowest BCUT2D eigenvalue weighted by atomic mass is 10.2. The average Bonchev–Trinajstić information content (AvgIpc) is 2.46. The molecule has 101 valence electrons. The minimum atomic E-state index is -1.71. The van der Waals surface area contributed by atoms with E-state index in [0.29, 0.717) is 0 Å². The van der Waals surface area contributed by atoms with Crippen molar-refractivity contribution in [2.24, 2.45) is 0 Å². The molecule has 0 aromatic heterocycles. The Bertz CT molecular complexity index is 631. The Kier molecular flexibility index (Phi) is 4.64. The van der Waals surface area contributed by atoms with E-state index in [9.17, 15) is 0 Å². The second-order valence-corrected chi connectivity index (χ2v) is 12.4. The summed E-state index contributed by atoms with van der Waals surface area (Å²) in [4.78, 5) is 0. The highest BCUT2D eigenvalue weighted by Gasteiger charge is 2.25. The molecule has 0 aliphatic heterocycles. The second-order valence-electron chi connectivity index (χ2n) is 5.79.